The second-order valence-corrected chi connectivity index (χ2v) is 8.60. The van der Waals surface area contributed by atoms with E-state index in [1.54, 1.807) is 16.7 Å². The lowest BCUT2D eigenvalue weighted by atomic mass is 9.82. The molecule has 1 N–H and O–H groups in total. The number of hydrogen-bond donors (Lipinski definition) is 1. The van der Waals surface area contributed by atoms with Crippen molar-refractivity contribution in [2.75, 3.05) is 18.0 Å². The van der Waals surface area contributed by atoms with Crippen molar-refractivity contribution in [3.05, 3.63) is 24.3 Å². The number of piperidine rings is 1. The summed E-state index contributed by atoms with van der Waals surface area (Å²) in [5.74, 6) is -1.04. The van der Waals surface area contributed by atoms with Crippen LogP contribution in [0.4, 0.5) is 5.69 Å². The Bertz CT molecular complexity index is 782. The minimum absolute atomic E-state index is 0.0381. The van der Waals surface area contributed by atoms with Crippen LogP contribution in [0.15, 0.2) is 29.2 Å². The summed E-state index contributed by atoms with van der Waals surface area (Å²) in [6, 6.07) is 7.57. The largest absolute Gasteiger partial charge is 0.481 e. The van der Waals surface area contributed by atoms with Crippen LogP contribution in [-0.2, 0) is 14.4 Å². The maximum atomic E-state index is 13.4. The highest BCUT2D eigenvalue weighted by atomic mass is 32.2. The maximum Gasteiger partial charge on any atom is 0.311 e. The van der Waals surface area contributed by atoms with Gasteiger partial charge in [0.2, 0.25) is 5.91 Å². The summed E-state index contributed by atoms with van der Waals surface area (Å²) in [4.78, 5) is 40.8. The first-order valence-electron chi connectivity index (χ1n) is 8.51. The SMILES string of the molecule is CC1(C(=O)O)CCCN(C(=O)C23CCC(=O)N2c2ccccc2S3)C1. The number of benzene rings is 1. The zero-order chi connectivity index (χ0) is 17.8. The van der Waals surface area contributed by atoms with Gasteiger partial charge in [0.25, 0.3) is 5.91 Å². The van der Waals surface area contributed by atoms with E-state index in [1.807, 2.05) is 24.3 Å². The molecule has 1 aromatic rings. The van der Waals surface area contributed by atoms with Crippen molar-refractivity contribution < 1.29 is 19.5 Å². The lowest BCUT2D eigenvalue weighted by Gasteiger charge is -2.42. The van der Waals surface area contributed by atoms with Gasteiger partial charge in [-0.2, -0.15) is 0 Å². The molecule has 4 rings (SSSR count). The van der Waals surface area contributed by atoms with Crippen molar-refractivity contribution in [3.63, 3.8) is 0 Å². The molecule has 25 heavy (non-hydrogen) atoms. The highest BCUT2D eigenvalue weighted by Crippen LogP contribution is 2.56. The molecule has 6 nitrogen and oxygen atoms in total. The van der Waals surface area contributed by atoms with Crippen LogP contribution in [0.25, 0.3) is 0 Å². The highest BCUT2D eigenvalue weighted by molar-refractivity contribution is 8.02. The Morgan fingerprint density at radius 1 is 1.24 bits per heavy atom. The number of carboxylic acid groups (broad SMARTS) is 1. The summed E-state index contributed by atoms with van der Waals surface area (Å²) < 4.78 is 0. The molecule has 0 spiro atoms. The van der Waals surface area contributed by atoms with Gasteiger partial charge in [-0.05, 0) is 38.3 Å². The van der Waals surface area contributed by atoms with E-state index in [9.17, 15) is 19.5 Å². The van der Waals surface area contributed by atoms with Gasteiger partial charge in [-0.1, -0.05) is 23.9 Å². The maximum absolute atomic E-state index is 13.4. The fraction of sp³-hybridized carbons (Fsp3) is 0.500. The minimum Gasteiger partial charge on any atom is -0.481 e. The molecule has 2 saturated heterocycles. The van der Waals surface area contributed by atoms with Gasteiger partial charge in [-0.15, -0.1) is 0 Å². The fourth-order valence-corrected chi connectivity index (χ4v) is 5.60. The summed E-state index contributed by atoms with van der Waals surface area (Å²) in [5.41, 5.74) is -0.130. The monoisotopic (exact) mass is 360 g/mol. The predicted molar refractivity (Wildman–Crippen MR) is 93.3 cm³/mol. The molecule has 0 bridgehead atoms. The first-order valence-corrected chi connectivity index (χ1v) is 9.33. The van der Waals surface area contributed by atoms with Crippen LogP contribution in [0.2, 0.25) is 0 Å². The Labute approximate surface area is 150 Å². The zero-order valence-corrected chi connectivity index (χ0v) is 14.8. The molecule has 2 fully saturated rings. The van der Waals surface area contributed by atoms with E-state index in [2.05, 4.69) is 0 Å². The van der Waals surface area contributed by atoms with Crippen LogP contribution in [0.5, 0.6) is 0 Å². The Kier molecular flexibility index (Phi) is 3.61. The van der Waals surface area contributed by atoms with Crippen LogP contribution < -0.4 is 4.90 Å². The smallest absolute Gasteiger partial charge is 0.311 e. The van der Waals surface area contributed by atoms with Crippen LogP contribution >= 0.6 is 11.8 Å². The van der Waals surface area contributed by atoms with Gasteiger partial charge in [0, 0.05) is 24.4 Å². The Morgan fingerprint density at radius 3 is 2.76 bits per heavy atom. The predicted octanol–water partition coefficient (Wildman–Crippen LogP) is 2.33. The molecule has 0 radical (unpaired) electrons. The van der Waals surface area contributed by atoms with Gasteiger partial charge in [-0.3, -0.25) is 19.3 Å². The first-order chi connectivity index (χ1) is 11.9. The van der Waals surface area contributed by atoms with E-state index in [0.717, 1.165) is 10.6 Å². The number of para-hydroxylation sites is 1. The van der Waals surface area contributed by atoms with Crippen LogP contribution in [0.1, 0.15) is 32.6 Å². The molecule has 3 aliphatic rings. The zero-order valence-electron chi connectivity index (χ0n) is 14.0. The third kappa shape index (κ3) is 2.28. The number of hydrogen-bond acceptors (Lipinski definition) is 4. The number of amides is 2. The van der Waals surface area contributed by atoms with Crippen LogP contribution in [0, 0.1) is 5.41 Å². The number of carboxylic acids is 1. The van der Waals surface area contributed by atoms with Gasteiger partial charge in [0.05, 0.1) is 11.1 Å². The van der Waals surface area contributed by atoms with Crippen molar-refractivity contribution in [1.29, 1.82) is 0 Å². The van der Waals surface area contributed by atoms with Crippen molar-refractivity contribution in [2.45, 2.75) is 42.4 Å². The third-order valence-corrected chi connectivity index (χ3v) is 6.97. The average Bonchev–Trinajstić information content (AvgIpc) is 3.10. The third-order valence-electron chi connectivity index (χ3n) is 5.51. The molecule has 3 aliphatic heterocycles. The Morgan fingerprint density at radius 2 is 2.00 bits per heavy atom. The molecule has 7 heteroatoms. The normalized spacial score (nSPS) is 31.0. The van der Waals surface area contributed by atoms with E-state index < -0.39 is 16.3 Å². The van der Waals surface area contributed by atoms with Gasteiger partial charge < -0.3 is 10.0 Å². The molecule has 0 aliphatic carbocycles. The van der Waals surface area contributed by atoms with Crippen LogP contribution in [-0.4, -0.2) is 45.8 Å². The van der Waals surface area contributed by atoms with Crippen molar-refractivity contribution >= 4 is 35.2 Å². The number of likely N-dealkylation sites (tertiary alicyclic amines) is 1. The van der Waals surface area contributed by atoms with Crippen LogP contribution in [0.3, 0.4) is 0 Å². The van der Waals surface area contributed by atoms with E-state index in [1.165, 1.54) is 11.8 Å². The van der Waals surface area contributed by atoms with Crippen molar-refractivity contribution in [2.24, 2.45) is 5.41 Å². The number of anilines is 1. The summed E-state index contributed by atoms with van der Waals surface area (Å²) in [5, 5.41) is 9.52. The molecule has 0 saturated carbocycles. The lowest BCUT2D eigenvalue weighted by Crippen LogP contribution is -2.58. The minimum atomic E-state index is -0.947. The average molecular weight is 360 g/mol. The summed E-state index contributed by atoms with van der Waals surface area (Å²) in [6.07, 6.45) is 2.03. The molecule has 0 aromatic heterocycles. The number of carbonyl (C=O) groups is 3. The molecule has 2 amide bonds. The van der Waals surface area contributed by atoms with Crippen molar-refractivity contribution in [1.82, 2.24) is 4.90 Å². The van der Waals surface area contributed by atoms with E-state index in [-0.39, 0.29) is 18.4 Å². The van der Waals surface area contributed by atoms with Gasteiger partial charge in [0.1, 0.15) is 0 Å². The number of aliphatic carboxylic acids is 1. The molecule has 2 unspecified atom stereocenters. The number of thioether (sulfide) groups is 1. The lowest BCUT2D eigenvalue weighted by molar-refractivity contribution is -0.154. The first kappa shape index (κ1) is 16.4. The number of carbonyl (C=O) groups excluding carboxylic acids is 2. The quantitative estimate of drug-likeness (QED) is 0.876. The summed E-state index contributed by atoms with van der Waals surface area (Å²) in [7, 11) is 0. The van der Waals surface area contributed by atoms with Crippen molar-refractivity contribution in [3.8, 4) is 0 Å². The fourth-order valence-electron chi connectivity index (χ4n) is 4.12. The summed E-state index contributed by atoms with van der Waals surface area (Å²) >= 11 is 1.43. The number of rotatable bonds is 2. The molecular weight excluding hydrogens is 340 g/mol. The van der Waals surface area contributed by atoms with Gasteiger partial charge in [0.15, 0.2) is 4.87 Å². The second-order valence-electron chi connectivity index (χ2n) is 7.28. The highest BCUT2D eigenvalue weighted by Gasteiger charge is 2.59. The molecule has 1 aromatic carbocycles. The topological polar surface area (TPSA) is 77.9 Å². The van der Waals surface area contributed by atoms with Gasteiger partial charge in [-0.25, -0.2) is 0 Å². The number of nitrogens with zero attached hydrogens (tertiary/aromatic N) is 2. The second kappa shape index (κ2) is 5.49. The standard InChI is InChI=1S/C18H20N2O4S/c1-17(16(23)24)8-4-10-19(11-17)15(22)18-9-7-14(21)20(18)12-5-2-3-6-13(12)25-18/h2-3,5-6H,4,7-11H2,1H3,(H,23,24). The molecule has 2 atom stereocenters. The van der Waals surface area contributed by atoms with Gasteiger partial charge >= 0.3 is 5.97 Å². The Hall–Kier alpha value is -2.02. The number of fused-ring (bicyclic) bond motifs is 3. The van der Waals surface area contributed by atoms with E-state index >= 15 is 0 Å². The van der Waals surface area contributed by atoms with E-state index in [0.29, 0.717) is 32.2 Å². The molecule has 3 heterocycles. The Balaban J connectivity index is 1.68. The summed E-state index contributed by atoms with van der Waals surface area (Å²) in [6.45, 7) is 2.44. The van der Waals surface area contributed by atoms with E-state index in [4.69, 9.17) is 0 Å². The molecular formula is C18H20N2O4S. The molecule has 132 valence electrons.